The molecule has 0 aliphatic carbocycles. The Labute approximate surface area is 141 Å². The van der Waals surface area contributed by atoms with Crippen LogP contribution in [0.3, 0.4) is 0 Å². The number of nitrogens with two attached hydrogens (primary N) is 1. The predicted octanol–water partition coefficient (Wildman–Crippen LogP) is 2.44. The Balaban J connectivity index is 1.59. The van der Waals surface area contributed by atoms with Gasteiger partial charge in [0.25, 0.3) is 0 Å². The number of benzene rings is 2. The zero-order valence-electron chi connectivity index (χ0n) is 13.5. The summed E-state index contributed by atoms with van der Waals surface area (Å²) in [7, 11) is 0. The van der Waals surface area contributed by atoms with Crippen molar-refractivity contribution in [1.29, 1.82) is 0 Å². The van der Waals surface area contributed by atoms with Crippen LogP contribution >= 0.6 is 0 Å². The normalized spacial score (nSPS) is 20.9. The third-order valence-corrected chi connectivity index (χ3v) is 4.54. The topological polar surface area (TPSA) is 58.4 Å². The summed E-state index contributed by atoms with van der Waals surface area (Å²) in [4.78, 5) is 14.3. The van der Waals surface area contributed by atoms with Crippen LogP contribution < -0.4 is 11.1 Å². The fourth-order valence-electron chi connectivity index (χ4n) is 3.34. The number of likely N-dealkylation sites (tertiary alicyclic amines) is 1. The van der Waals surface area contributed by atoms with Gasteiger partial charge in [-0.15, -0.1) is 0 Å². The molecule has 0 saturated carbocycles. The molecule has 1 aliphatic rings. The third-order valence-electron chi connectivity index (χ3n) is 4.54. The Morgan fingerprint density at radius 1 is 1.12 bits per heavy atom. The van der Waals surface area contributed by atoms with Gasteiger partial charge >= 0.3 is 0 Å². The summed E-state index contributed by atoms with van der Waals surface area (Å²) in [6.45, 7) is 2.56. The number of rotatable bonds is 5. The second-order valence-electron chi connectivity index (χ2n) is 6.26. The molecule has 1 amide bonds. The van der Waals surface area contributed by atoms with Crippen molar-refractivity contribution in [1.82, 2.24) is 4.90 Å². The largest absolute Gasteiger partial charge is 0.330 e. The van der Waals surface area contributed by atoms with Gasteiger partial charge in [-0.25, -0.2) is 4.39 Å². The molecular formula is C19H22FN3O. The average Bonchev–Trinajstić information content (AvgIpc) is 3.00. The highest BCUT2D eigenvalue weighted by atomic mass is 19.1. The van der Waals surface area contributed by atoms with E-state index in [4.69, 9.17) is 5.73 Å². The van der Waals surface area contributed by atoms with Crippen molar-refractivity contribution in [3.05, 3.63) is 66.0 Å². The summed E-state index contributed by atoms with van der Waals surface area (Å²) in [6.07, 6.45) is 0. The van der Waals surface area contributed by atoms with Crippen molar-refractivity contribution in [2.24, 2.45) is 11.7 Å². The first kappa shape index (κ1) is 16.6. The fourth-order valence-corrected chi connectivity index (χ4v) is 3.34. The van der Waals surface area contributed by atoms with Crippen LogP contribution in [0.1, 0.15) is 11.5 Å². The molecule has 0 aromatic heterocycles. The smallest absolute Gasteiger partial charge is 0.238 e. The molecule has 1 heterocycles. The van der Waals surface area contributed by atoms with E-state index in [0.29, 0.717) is 30.6 Å². The number of hydrogen-bond donors (Lipinski definition) is 2. The van der Waals surface area contributed by atoms with Gasteiger partial charge in [-0.3, -0.25) is 9.69 Å². The lowest BCUT2D eigenvalue weighted by molar-refractivity contribution is -0.117. The van der Waals surface area contributed by atoms with Gasteiger partial charge in [0.1, 0.15) is 5.82 Å². The Bertz CT molecular complexity index is 675. The van der Waals surface area contributed by atoms with Crippen molar-refractivity contribution in [3.8, 4) is 0 Å². The van der Waals surface area contributed by atoms with Gasteiger partial charge in [-0.2, -0.15) is 0 Å². The molecule has 1 aliphatic heterocycles. The molecule has 126 valence electrons. The first-order chi connectivity index (χ1) is 11.7. The minimum Gasteiger partial charge on any atom is -0.330 e. The minimum absolute atomic E-state index is 0.0916. The first-order valence-electron chi connectivity index (χ1n) is 8.18. The van der Waals surface area contributed by atoms with E-state index in [1.54, 1.807) is 12.1 Å². The molecule has 3 rings (SSSR count). The van der Waals surface area contributed by atoms with Gasteiger partial charge in [-0.1, -0.05) is 30.3 Å². The number of carbonyl (C=O) groups excluding carboxylic acids is 1. The molecule has 2 aromatic carbocycles. The summed E-state index contributed by atoms with van der Waals surface area (Å²) in [5, 5.41) is 2.80. The second-order valence-corrected chi connectivity index (χ2v) is 6.26. The summed E-state index contributed by atoms with van der Waals surface area (Å²) >= 11 is 0. The molecule has 1 saturated heterocycles. The molecule has 0 spiro atoms. The van der Waals surface area contributed by atoms with E-state index >= 15 is 0 Å². The minimum atomic E-state index is -0.316. The standard InChI is InChI=1S/C19H22FN3O/c20-16-6-8-17(9-7-16)22-19(24)13-23-11-15(10-21)18(12-23)14-4-2-1-3-5-14/h1-9,15,18H,10-13,21H2,(H,22,24)/t15-,18+/m1/s1. The van der Waals surface area contributed by atoms with E-state index in [0.717, 1.165) is 13.1 Å². The molecule has 3 N–H and O–H groups in total. The fraction of sp³-hybridized carbons (Fsp3) is 0.316. The van der Waals surface area contributed by atoms with Crippen molar-refractivity contribution >= 4 is 11.6 Å². The molecule has 0 radical (unpaired) electrons. The Hall–Kier alpha value is -2.24. The number of amides is 1. The molecule has 0 unspecified atom stereocenters. The summed E-state index contributed by atoms with van der Waals surface area (Å²) < 4.78 is 12.9. The van der Waals surface area contributed by atoms with E-state index in [9.17, 15) is 9.18 Å². The number of nitrogens with zero attached hydrogens (tertiary/aromatic N) is 1. The van der Waals surface area contributed by atoms with Crippen LogP contribution in [0.25, 0.3) is 0 Å². The lowest BCUT2D eigenvalue weighted by atomic mass is 9.89. The Morgan fingerprint density at radius 3 is 2.50 bits per heavy atom. The average molecular weight is 327 g/mol. The van der Waals surface area contributed by atoms with Gasteiger partial charge in [0.15, 0.2) is 0 Å². The Morgan fingerprint density at radius 2 is 1.83 bits per heavy atom. The lowest BCUT2D eigenvalue weighted by Gasteiger charge is -2.16. The quantitative estimate of drug-likeness (QED) is 0.887. The molecule has 2 atom stereocenters. The molecule has 24 heavy (non-hydrogen) atoms. The maximum atomic E-state index is 12.9. The maximum Gasteiger partial charge on any atom is 0.238 e. The first-order valence-corrected chi connectivity index (χ1v) is 8.18. The van der Waals surface area contributed by atoms with Crippen molar-refractivity contribution in [3.63, 3.8) is 0 Å². The molecule has 2 aromatic rings. The van der Waals surface area contributed by atoms with Crippen LogP contribution in [0.2, 0.25) is 0 Å². The van der Waals surface area contributed by atoms with Crippen molar-refractivity contribution in [2.75, 3.05) is 31.5 Å². The van der Waals surface area contributed by atoms with Crippen molar-refractivity contribution in [2.45, 2.75) is 5.92 Å². The van der Waals surface area contributed by atoms with Crippen LogP contribution in [0, 0.1) is 11.7 Å². The number of nitrogens with one attached hydrogen (secondary N) is 1. The SMILES string of the molecule is NC[C@@H]1CN(CC(=O)Nc2ccc(F)cc2)C[C@H]1c1ccccc1. The van der Waals surface area contributed by atoms with Crippen molar-refractivity contribution < 1.29 is 9.18 Å². The highest BCUT2D eigenvalue weighted by Crippen LogP contribution is 2.31. The van der Waals surface area contributed by atoms with E-state index < -0.39 is 0 Å². The number of halogens is 1. The third kappa shape index (κ3) is 3.99. The summed E-state index contributed by atoms with van der Waals surface area (Å²) in [6, 6.07) is 16.1. The number of hydrogen-bond acceptors (Lipinski definition) is 3. The number of anilines is 1. The van der Waals surface area contributed by atoms with Gasteiger partial charge in [0.2, 0.25) is 5.91 Å². The molecule has 1 fully saturated rings. The molecule has 4 nitrogen and oxygen atoms in total. The zero-order chi connectivity index (χ0) is 16.9. The monoisotopic (exact) mass is 327 g/mol. The van der Waals surface area contributed by atoms with Crippen LogP contribution in [0.4, 0.5) is 10.1 Å². The van der Waals surface area contributed by atoms with Gasteiger partial charge in [0, 0.05) is 24.7 Å². The second kappa shape index (κ2) is 7.55. The summed E-state index contributed by atoms with van der Waals surface area (Å²) in [5.41, 5.74) is 7.81. The van der Waals surface area contributed by atoms with Gasteiger partial charge in [-0.05, 0) is 42.3 Å². The molecular weight excluding hydrogens is 305 g/mol. The van der Waals surface area contributed by atoms with Crippen LogP contribution in [-0.4, -0.2) is 37.0 Å². The van der Waals surface area contributed by atoms with Gasteiger partial charge in [0.05, 0.1) is 6.54 Å². The lowest BCUT2D eigenvalue weighted by Crippen LogP contribution is -2.32. The van der Waals surface area contributed by atoms with E-state index in [-0.39, 0.29) is 11.7 Å². The van der Waals surface area contributed by atoms with Gasteiger partial charge < -0.3 is 11.1 Å². The number of carbonyl (C=O) groups is 1. The maximum absolute atomic E-state index is 12.9. The molecule has 5 heteroatoms. The van der Waals surface area contributed by atoms with E-state index in [2.05, 4.69) is 22.3 Å². The van der Waals surface area contributed by atoms with Crippen LogP contribution in [0.5, 0.6) is 0 Å². The van der Waals surface area contributed by atoms with E-state index in [1.807, 2.05) is 18.2 Å². The predicted molar refractivity (Wildman–Crippen MR) is 93.2 cm³/mol. The van der Waals surface area contributed by atoms with Crippen LogP contribution in [0.15, 0.2) is 54.6 Å². The summed E-state index contributed by atoms with van der Waals surface area (Å²) in [5.74, 6) is 0.302. The highest BCUT2D eigenvalue weighted by molar-refractivity contribution is 5.92. The highest BCUT2D eigenvalue weighted by Gasteiger charge is 2.33. The Kier molecular flexibility index (Phi) is 5.23. The molecule has 0 bridgehead atoms. The zero-order valence-corrected chi connectivity index (χ0v) is 13.5. The van der Waals surface area contributed by atoms with E-state index in [1.165, 1.54) is 17.7 Å². The van der Waals surface area contributed by atoms with Crippen LogP contribution in [-0.2, 0) is 4.79 Å².